The molecule has 8 heteroatoms. The second-order valence-electron chi connectivity index (χ2n) is 3.74. The summed E-state index contributed by atoms with van der Waals surface area (Å²) in [4.78, 5) is 11.4. The smallest absolute Gasteiger partial charge is 0.382 e. The van der Waals surface area contributed by atoms with Crippen LogP contribution in [-0.4, -0.2) is 36.4 Å². The van der Waals surface area contributed by atoms with E-state index in [-0.39, 0.29) is 6.54 Å². The molecule has 0 bridgehead atoms. The zero-order valence-corrected chi connectivity index (χ0v) is 11.3. The van der Waals surface area contributed by atoms with Gasteiger partial charge in [-0.05, 0) is 24.3 Å². The number of hydrogen-bond acceptors (Lipinski definition) is 3. The molecule has 106 valence electrons. The number of halogens is 4. The second kappa shape index (κ2) is 6.88. The lowest BCUT2D eigenvalue weighted by Crippen LogP contribution is -2.41. The van der Waals surface area contributed by atoms with Crippen LogP contribution >= 0.6 is 15.9 Å². The number of amides is 1. The highest BCUT2D eigenvalue weighted by atomic mass is 79.9. The molecule has 1 atom stereocenters. The van der Waals surface area contributed by atoms with Crippen molar-refractivity contribution < 1.29 is 23.1 Å². The van der Waals surface area contributed by atoms with Crippen LogP contribution in [0.1, 0.15) is 0 Å². The van der Waals surface area contributed by atoms with Gasteiger partial charge in [0.05, 0.1) is 6.54 Å². The Morgan fingerprint density at radius 3 is 2.42 bits per heavy atom. The van der Waals surface area contributed by atoms with Gasteiger partial charge in [0.1, 0.15) is 0 Å². The van der Waals surface area contributed by atoms with Crippen molar-refractivity contribution in [2.45, 2.75) is 12.3 Å². The first kappa shape index (κ1) is 15.9. The maximum atomic E-state index is 12.0. The number of carbonyl (C=O) groups excluding carboxylic acids is 1. The fraction of sp³-hybridized carbons (Fsp3) is 0.364. The number of benzene rings is 1. The molecule has 19 heavy (non-hydrogen) atoms. The third-order valence-electron chi connectivity index (χ3n) is 2.13. The van der Waals surface area contributed by atoms with E-state index in [1.165, 1.54) is 0 Å². The van der Waals surface area contributed by atoms with Gasteiger partial charge in [0.2, 0.25) is 5.91 Å². The molecular formula is C11H12BrF3N2O2. The van der Waals surface area contributed by atoms with Crippen molar-refractivity contribution >= 4 is 27.5 Å². The Morgan fingerprint density at radius 2 is 1.89 bits per heavy atom. The van der Waals surface area contributed by atoms with Gasteiger partial charge in [0.25, 0.3) is 0 Å². The summed E-state index contributed by atoms with van der Waals surface area (Å²) in [5.74, 6) is -0.489. The molecule has 1 amide bonds. The summed E-state index contributed by atoms with van der Waals surface area (Å²) < 4.78 is 36.7. The number of anilines is 1. The van der Waals surface area contributed by atoms with Crippen molar-refractivity contribution in [3.63, 3.8) is 0 Å². The summed E-state index contributed by atoms with van der Waals surface area (Å²) in [5, 5.41) is 13.4. The molecule has 0 spiro atoms. The Kier molecular flexibility index (Phi) is 5.77. The summed E-state index contributed by atoms with van der Waals surface area (Å²) in [6, 6.07) is 6.73. The Hall–Kier alpha value is -1.12. The van der Waals surface area contributed by atoms with Crippen molar-refractivity contribution in [1.29, 1.82) is 0 Å². The molecule has 0 aliphatic heterocycles. The highest BCUT2D eigenvalue weighted by Crippen LogP contribution is 2.19. The lowest BCUT2D eigenvalue weighted by molar-refractivity contribution is -0.201. The van der Waals surface area contributed by atoms with Gasteiger partial charge in [-0.1, -0.05) is 15.9 Å². The minimum Gasteiger partial charge on any atom is -0.382 e. The molecule has 4 nitrogen and oxygen atoms in total. The predicted octanol–water partition coefficient (Wildman–Crippen LogP) is 1.90. The van der Waals surface area contributed by atoms with E-state index < -0.39 is 24.7 Å². The standard InChI is InChI=1S/C11H12BrF3N2O2/c12-7-1-3-8(4-2-7)17-10(19)6-16-5-9(18)11(13,14)15/h1-4,9,16,18H,5-6H2,(H,17,19). The molecular weight excluding hydrogens is 329 g/mol. The van der Waals surface area contributed by atoms with E-state index in [0.717, 1.165) is 4.47 Å². The quantitative estimate of drug-likeness (QED) is 0.767. The normalized spacial score (nSPS) is 13.1. The SMILES string of the molecule is O=C(CNCC(O)C(F)(F)F)Nc1ccc(Br)cc1. The molecule has 3 N–H and O–H groups in total. The monoisotopic (exact) mass is 340 g/mol. The lowest BCUT2D eigenvalue weighted by Gasteiger charge is -2.14. The highest BCUT2D eigenvalue weighted by Gasteiger charge is 2.37. The number of nitrogens with one attached hydrogen (secondary N) is 2. The molecule has 0 saturated carbocycles. The Bertz CT molecular complexity index is 423. The summed E-state index contributed by atoms with van der Waals surface area (Å²) in [6.07, 6.45) is -7.16. The first-order valence-corrected chi connectivity index (χ1v) is 6.09. The summed E-state index contributed by atoms with van der Waals surface area (Å²) in [6.45, 7) is -1.04. The van der Waals surface area contributed by atoms with Crippen molar-refractivity contribution in [2.24, 2.45) is 0 Å². The molecule has 1 rings (SSSR count). The minimum absolute atomic E-state index is 0.316. The molecule has 0 saturated heterocycles. The molecule has 0 fully saturated rings. The van der Waals surface area contributed by atoms with Gasteiger partial charge in [0, 0.05) is 16.7 Å². The third kappa shape index (κ3) is 6.04. The van der Waals surface area contributed by atoms with E-state index >= 15 is 0 Å². The van der Waals surface area contributed by atoms with E-state index in [2.05, 4.69) is 26.6 Å². The fourth-order valence-electron chi connectivity index (χ4n) is 1.18. The van der Waals surface area contributed by atoms with Crippen LogP contribution in [0.3, 0.4) is 0 Å². The van der Waals surface area contributed by atoms with Gasteiger partial charge in [0.15, 0.2) is 6.10 Å². The zero-order valence-electron chi connectivity index (χ0n) is 9.67. The van der Waals surface area contributed by atoms with Crippen molar-refractivity contribution in [3.8, 4) is 0 Å². The highest BCUT2D eigenvalue weighted by molar-refractivity contribution is 9.10. The Labute approximate surface area is 116 Å². The largest absolute Gasteiger partial charge is 0.415 e. The fourth-order valence-corrected chi connectivity index (χ4v) is 1.44. The number of aliphatic hydroxyl groups is 1. The van der Waals surface area contributed by atoms with Crippen LogP contribution in [0.4, 0.5) is 18.9 Å². The van der Waals surface area contributed by atoms with Crippen LogP contribution in [0.25, 0.3) is 0 Å². The first-order chi connectivity index (χ1) is 8.79. The van der Waals surface area contributed by atoms with Gasteiger partial charge in [-0.25, -0.2) is 0 Å². The molecule has 1 aromatic rings. The minimum atomic E-state index is -4.69. The summed E-state index contributed by atoms with van der Waals surface area (Å²) in [7, 11) is 0. The van der Waals surface area contributed by atoms with Crippen LogP contribution in [-0.2, 0) is 4.79 Å². The average molecular weight is 341 g/mol. The van der Waals surface area contributed by atoms with Gasteiger partial charge >= 0.3 is 6.18 Å². The summed E-state index contributed by atoms with van der Waals surface area (Å²) in [5.41, 5.74) is 0.534. The van der Waals surface area contributed by atoms with Crippen molar-refractivity contribution in [3.05, 3.63) is 28.7 Å². The van der Waals surface area contributed by atoms with Crippen LogP contribution in [0.15, 0.2) is 28.7 Å². The van der Waals surface area contributed by atoms with E-state index in [0.29, 0.717) is 5.69 Å². The van der Waals surface area contributed by atoms with Crippen LogP contribution in [0.2, 0.25) is 0 Å². The van der Waals surface area contributed by atoms with Crippen LogP contribution in [0, 0.1) is 0 Å². The molecule has 0 heterocycles. The summed E-state index contributed by atoms with van der Waals surface area (Å²) >= 11 is 3.23. The first-order valence-electron chi connectivity index (χ1n) is 5.30. The van der Waals surface area contributed by atoms with Crippen molar-refractivity contribution in [1.82, 2.24) is 5.32 Å². The maximum absolute atomic E-state index is 12.0. The number of carbonyl (C=O) groups is 1. The van der Waals surface area contributed by atoms with Gasteiger partial charge in [-0.3, -0.25) is 4.79 Å². The number of rotatable bonds is 5. The number of hydrogen-bond donors (Lipinski definition) is 3. The van der Waals surface area contributed by atoms with Gasteiger partial charge in [-0.2, -0.15) is 13.2 Å². The maximum Gasteiger partial charge on any atom is 0.415 e. The van der Waals surface area contributed by atoms with Crippen LogP contribution < -0.4 is 10.6 Å². The van der Waals surface area contributed by atoms with E-state index in [1.807, 2.05) is 0 Å². The van der Waals surface area contributed by atoms with E-state index in [1.54, 1.807) is 24.3 Å². The molecule has 0 radical (unpaired) electrons. The zero-order chi connectivity index (χ0) is 14.5. The number of alkyl halides is 3. The number of aliphatic hydroxyl groups excluding tert-OH is 1. The van der Waals surface area contributed by atoms with E-state index in [9.17, 15) is 18.0 Å². The van der Waals surface area contributed by atoms with Gasteiger partial charge in [-0.15, -0.1) is 0 Å². The molecule has 0 aliphatic rings. The average Bonchev–Trinajstić information content (AvgIpc) is 2.31. The van der Waals surface area contributed by atoms with Gasteiger partial charge < -0.3 is 15.7 Å². The van der Waals surface area contributed by atoms with Crippen molar-refractivity contribution in [2.75, 3.05) is 18.4 Å². The third-order valence-corrected chi connectivity index (χ3v) is 2.66. The molecule has 1 aromatic carbocycles. The molecule has 0 aromatic heterocycles. The Morgan fingerprint density at radius 1 is 1.32 bits per heavy atom. The predicted molar refractivity (Wildman–Crippen MR) is 67.7 cm³/mol. The topological polar surface area (TPSA) is 61.4 Å². The van der Waals surface area contributed by atoms with E-state index in [4.69, 9.17) is 5.11 Å². The second-order valence-corrected chi connectivity index (χ2v) is 4.66. The molecule has 0 aliphatic carbocycles. The lowest BCUT2D eigenvalue weighted by atomic mass is 10.3. The van der Waals surface area contributed by atoms with Crippen LogP contribution in [0.5, 0.6) is 0 Å². The Balaban J connectivity index is 2.31. The molecule has 1 unspecified atom stereocenters.